The zero-order chi connectivity index (χ0) is 25.9. The molecule has 0 saturated carbocycles. The molecule has 1 unspecified atom stereocenters. The number of rotatable bonds is 2. The Morgan fingerprint density at radius 3 is 2.53 bits per heavy atom. The standard InChI is InChI=1S/C24H20F5N3O3S/c1-12(24(27,28)29)30-11-32(31-9-8-17(33)22(34)21(31)23(30)35)20-13-6-7-16(25)19(26)15(13)10-36-18-5-3-2-4-14(18)20/h2-9,12,20,23,34-35H,10-11H2,1H3/t12-,20-,23?/m1/s1. The predicted molar refractivity (Wildman–Crippen MR) is 122 cm³/mol. The van der Waals surface area contributed by atoms with Gasteiger partial charge in [-0.2, -0.15) is 13.2 Å². The Morgan fingerprint density at radius 2 is 1.81 bits per heavy atom. The van der Waals surface area contributed by atoms with E-state index in [1.165, 1.54) is 33.7 Å². The molecular weight excluding hydrogens is 505 g/mol. The lowest BCUT2D eigenvalue weighted by atomic mass is 9.93. The third-order valence-corrected chi connectivity index (χ3v) is 7.73. The van der Waals surface area contributed by atoms with Crippen molar-refractivity contribution in [3.8, 4) is 5.75 Å². The summed E-state index contributed by atoms with van der Waals surface area (Å²) < 4.78 is 71.7. The molecule has 6 nitrogen and oxygen atoms in total. The van der Waals surface area contributed by atoms with Crippen LogP contribution in [-0.4, -0.2) is 38.7 Å². The van der Waals surface area contributed by atoms with Crippen molar-refractivity contribution in [2.75, 3.05) is 11.7 Å². The number of aliphatic hydroxyl groups is 1. The van der Waals surface area contributed by atoms with Crippen LogP contribution in [0.4, 0.5) is 22.0 Å². The van der Waals surface area contributed by atoms with Crippen molar-refractivity contribution in [3.05, 3.63) is 92.9 Å². The number of nitrogens with zero attached hydrogens (tertiary/aromatic N) is 3. The molecule has 0 radical (unpaired) electrons. The summed E-state index contributed by atoms with van der Waals surface area (Å²) >= 11 is 1.26. The van der Waals surface area contributed by atoms with Crippen LogP contribution in [0.25, 0.3) is 0 Å². The van der Waals surface area contributed by atoms with Crippen LogP contribution in [0.1, 0.15) is 41.6 Å². The first-order valence-corrected chi connectivity index (χ1v) is 11.9. The number of hydrogen-bond donors (Lipinski definition) is 2. The monoisotopic (exact) mass is 525 g/mol. The van der Waals surface area contributed by atoms with E-state index in [0.29, 0.717) is 20.9 Å². The molecule has 3 aromatic rings. The van der Waals surface area contributed by atoms with Crippen LogP contribution in [0.2, 0.25) is 0 Å². The van der Waals surface area contributed by atoms with Crippen LogP contribution in [-0.2, 0) is 5.75 Å². The van der Waals surface area contributed by atoms with E-state index in [1.54, 1.807) is 24.3 Å². The average molecular weight is 525 g/mol. The van der Waals surface area contributed by atoms with E-state index < -0.39 is 59.7 Å². The van der Waals surface area contributed by atoms with Crippen molar-refractivity contribution >= 4 is 11.8 Å². The van der Waals surface area contributed by atoms with Gasteiger partial charge in [0.25, 0.3) is 0 Å². The fraction of sp³-hybridized carbons (Fsp3) is 0.292. The molecule has 5 rings (SSSR count). The second-order valence-electron chi connectivity index (χ2n) is 8.60. The topological polar surface area (TPSA) is 68.9 Å². The van der Waals surface area contributed by atoms with Gasteiger partial charge in [0, 0.05) is 28.5 Å². The van der Waals surface area contributed by atoms with Gasteiger partial charge in [-0.15, -0.1) is 11.8 Å². The van der Waals surface area contributed by atoms with E-state index in [1.807, 2.05) is 0 Å². The van der Waals surface area contributed by atoms with Crippen molar-refractivity contribution in [2.24, 2.45) is 0 Å². The van der Waals surface area contributed by atoms with Gasteiger partial charge in [0.2, 0.25) is 5.43 Å². The number of hydrogen-bond acceptors (Lipinski definition) is 6. The lowest BCUT2D eigenvalue weighted by Gasteiger charge is -2.48. The quantitative estimate of drug-likeness (QED) is 0.484. The van der Waals surface area contributed by atoms with Gasteiger partial charge in [0.05, 0.1) is 12.7 Å². The van der Waals surface area contributed by atoms with E-state index >= 15 is 0 Å². The summed E-state index contributed by atoms with van der Waals surface area (Å²) in [6.45, 7) is 0.342. The van der Waals surface area contributed by atoms with E-state index in [2.05, 4.69) is 0 Å². The Hall–Kier alpha value is -3.09. The van der Waals surface area contributed by atoms with Crippen molar-refractivity contribution in [3.63, 3.8) is 0 Å². The molecule has 0 amide bonds. The fourth-order valence-corrected chi connectivity index (χ4v) is 5.80. The Balaban J connectivity index is 1.79. The average Bonchev–Trinajstić information content (AvgIpc) is 3.00. The molecule has 190 valence electrons. The molecule has 2 aromatic carbocycles. The summed E-state index contributed by atoms with van der Waals surface area (Å²) in [5, 5.41) is 22.8. The SMILES string of the molecule is C[C@@H](N1CN([C@H]2c3ccccc3SCc3c2ccc(F)c3F)n2ccc(=O)c(O)c2C1O)C(F)(F)F. The van der Waals surface area contributed by atoms with E-state index in [4.69, 9.17) is 0 Å². The minimum atomic E-state index is -4.75. The minimum absolute atomic E-state index is 0.0505. The highest BCUT2D eigenvalue weighted by Gasteiger charge is 2.48. The third kappa shape index (κ3) is 3.84. The molecule has 1 aromatic heterocycles. The van der Waals surface area contributed by atoms with Crippen LogP contribution in [0, 0.1) is 11.6 Å². The minimum Gasteiger partial charge on any atom is -0.503 e. The third-order valence-electron chi connectivity index (χ3n) is 6.62. The summed E-state index contributed by atoms with van der Waals surface area (Å²) in [6.07, 6.45) is -5.48. The van der Waals surface area contributed by atoms with Gasteiger partial charge in [-0.05, 0) is 30.2 Å². The van der Waals surface area contributed by atoms with Gasteiger partial charge < -0.3 is 10.2 Å². The van der Waals surface area contributed by atoms with Crippen LogP contribution in [0.15, 0.2) is 58.4 Å². The molecule has 0 fully saturated rings. The molecule has 2 N–H and O–H groups in total. The summed E-state index contributed by atoms with van der Waals surface area (Å²) in [6, 6.07) is 7.21. The van der Waals surface area contributed by atoms with Crippen molar-refractivity contribution in [1.82, 2.24) is 9.58 Å². The highest BCUT2D eigenvalue weighted by Crippen LogP contribution is 2.45. The molecule has 0 saturated heterocycles. The number of aliphatic hydroxyl groups excluding tert-OH is 1. The Morgan fingerprint density at radius 1 is 1.08 bits per heavy atom. The number of alkyl halides is 3. The number of benzene rings is 2. The first-order chi connectivity index (χ1) is 17.0. The van der Waals surface area contributed by atoms with Crippen molar-refractivity contribution in [2.45, 2.75) is 42.1 Å². The van der Waals surface area contributed by atoms with Gasteiger partial charge >= 0.3 is 6.18 Å². The van der Waals surface area contributed by atoms with Crippen molar-refractivity contribution in [1.29, 1.82) is 0 Å². The summed E-state index contributed by atoms with van der Waals surface area (Å²) in [5.41, 5.74) is -0.371. The number of thioether (sulfide) groups is 1. The fourth-order valence-electron chi connectivity index (χ4n) is 4.68. The van der Waals surface area contributed by atoms with Crippen LogP contribution in [0.5, 0.6) is 5.75 Å². The predicted octanol–water partition coefficient (Wildman–Crippen LogP) is 4.38. The molecule has 0 aliphatic carbocycles. The molecule has 3 heterocycles. The highest BCUT2D eigenvalue weighted by atomic mass is 32.2. The molecule has 3 atom stereocenters. The zero-order valence-corrected chi connectivity index (χ0v) is 19.5. The Labute approximate surface area is 206 Å². The molecule has 0 bridgehead atoms. The van der Waals surface area contributed by atoms with Gasteiger partial charge in [0.1, 0.15) is 11.7 Å². The smallest absolute Gasteiger partial charge is 0.403 e. The lowest BCUT2D eigenvalue weighted by molar-refractivity contribution is -0.207. The summed E-state index contributed by atoms with van der Waals surface area (Å²) in [5.74, 6) is -2.94. The second-order valence-corrected chi connectivity index (χ2v) is 9.62. The molecule has 0 spiro atoms. The number of fused-ring (bicyclic) bond motifs is 3. The van der Waals surface area contributed by atoms with E-state index in [0.717, 1.165) is 19.1 Å². The van der Waals surface area contributed by atoms with Crippen LogP contribution in [0.3, 0.4) is 0 Å². The normalized spacial score (nSPS) is 20.8. The summed E-state index contributed by atoms with van der Waals surface area (Å²) in [4.78, 5) is 13.6. The number of aromatic nitrogens is 1. The van der Waals surface area contributed by atoms with Gasteiger partial charge in [-0.1, -0.05) is 24.3 Å². The Bertz CT molecular complexity index is 1400. The van der Waals surface area contributed by atoms with Gasteiger partial charge in [0.15, 0.2) is 23.6 Å². The molecule has 12 heteroatoms. The highest BCUT2D eigenvalue weighted by molar-refractivity contribution is 7.98. The maximum Gasteiger partial charge on any atom is 0.403 e. The zero-order valence-electron chi connectivity index (χ0n) is 18.7. The molecule has 2 aliphatic heterocycles. The maximum atomic E-state index is 15.0. The number of halogens is 5. The van der Waals surface area contributed by atoms with E-state index in [-0.39, 0.29) is 11.3 Å². The first kappa shape index (κ1) is 24.6. The van der Waals surface area contributed by atoms with E-state index in [9.17, 15) is 37.0 Å². The van der Waals surface area contributed by atoms with Gasteiger partial charge in [-0.25, -0.2) is 13.7 Å². The maximum absolute atomic E-state index is 15.0. The molecule has 2 aliphatic rings. The molecular formula is C24H20F5N3O3S. The number of aromatic hydroxyl groups is 1. The number of pyridine rings is 1. The largest absolute Gasteiger partial charge is 0.503 e. The Kier molecular flexibility index (Phi) is 6.00. The van der Waals surface area contributed by atoms with Crippen LogP contribution >= 0.6 is 11.8 Å². The van der Waals surface area contributed by atoms with Crippen LogP contribution < -0.4 is 10.4 Å². The lowest BCUT2D eigenvalue weighted by Crippen LogP contribution is -2.59. The molecule has 36 heavy (non-hydrogen) atoms. The first-order valence-electron chi connectivity index (χ1n) is 10.9. The second kappa shape index (κ2) is 8.79. The van der Waals surface area contributed by atoms with Gasteiger partial charge in [-0.3, -0.25) is 14.5 Å². The van der Waals surface area contributed by atoms with Crippen molar-refractivity contribution < 1.29 is 32.2 Å². The summed E-state index contributed by atoms with van der Waals surface area (Å²) in [7, 11) is 0.